The maximum absolute atomic E-state index is 13.2. The third-order valence-corrected chi connectivity index (χ3v) is 3.94. The molecule has 0 saturated heterocycles. The molecular formula is C19H22ClF3N2O4. The number of aliphatic hydroxyl groups excluding tert-OH is 1. The number of carbonyl (C=O) groups excluding carboxylic acids is 1. The molecule has 2 rings (SSSR count). The highest BCUT2D eigenvalue weighted by Gasteiger charge is 2.35. The van der Waals surface area contributed by atoms with Gasteiger partial charge in [0.2, 0.25) is 5.91 Å². The smallest absolute Gasteiger partial charge is 0.420 e. The van der Waals surface area contributed by atoms with Gasteiger partial charge in [0.25, 0.3) is 0 Å². The molecule has 0 aliphatic heterocycles. The van der Waals surface area contributed by atoms with Crippen LogP contribution in [0.5, 0.6) is 17.2 Å². The molecule has 0 bridgehead atoms. The highest BCUT2D eigenvalue weighted by atomic mass is 35.5. The van der Waals surface area contributed by atoms with E-state index in [2.05, 4.69) is 5.32 Å². The lowest BCUT2D eigenvalue weighted by Crippen LogP contribution is -2.54. The van der Waals surface area contributed by atoms with Crippen LogP contribution in [0.15, 0.2) is 42.5 Å². The monoisotopic (exact) mass is 434 g/mol. The first-order valence-corrected chi connectivity index (χ1v) is 8.27. The van der Waals surface area contributed by atoms with Gasteiger partial charge in [-0.15, -0.1) is 12.4 Å². The van der Waals surface area contributed by atoms with Crippen molar-refractivity contribution >= 4 is 18.3 Å². The fourth-order valence-electron chi connectivity index (χ4n) is 2.20. The number of methoxy groups -OCH3 is 1. The zero-order valence-electron chi connectivity index (χ0n) is 15.7. The largest absolute Gasteiger partial charge is 0.497 e. The number of nitrogens with two attached hydrogens (primary N) is 1. The SMILES string of the molecule is COc1ccc(Oc2ccc(CNC(=O)[C@@](C)(N)CO)cc2)c(C(F)(F)F)c1.Cl. The molecule has 0 radical (unpaired) electrons. The van der Waals surface area contributed by atoms with Crippen LogP contribution in [0.2, 0.25) is 0 Å². The van der Waals surface area contributed by atoms with E-state index in [4.69, 9.17) is 20.3 Å². The van der Waals surface area contributed by atoms with Crippen molar-refractivity contribution in [3.05, 3.63) is 53.6 Å². The minimum atomic E-state index is -4.60. The van der Waals surface area contributed by atoms with Gasteiger partial charge in [-0.1, -0.05) is 12.1 Å². The van der Waals surface area contributed by atoms with Crippen LogP contribution in [0.1, 0.15) is 18.1 Å². The summed E-state index contributed by atoms with van der Waals surface area (Å²) in [5, 5.41) is 11.6. The highest BCUT2D eigenvalue weighted by molar-refractivity contribution is 5.85. The summed E-state index contributed by atoms with van der Waals surface area (Å²) in [5.41, 5.74) is 3.95. The van der Waals surface area contributed by atoms with Gasteiger partial charge < -0.3 is 25.6 Å². The molecule has 1 atom stereocenters. The van der Waals surface area contributed by atoms with E-state index in [9.17, 15) is 18.0 Å². The number of aliphatic hydroxyl groups is 1. The second-order valence-electron chi connectivity index (χ2n) is 6.36. The molecule has 0 spiro atoms. The van der Waals surface area contributed by atoms with Crippen LogP contribution in [0.25, 0.3) is 0 Å². The summed E-state index contributed by atoms with van der Waals surface area (Å²) in [6, 6.07) is 9.59. The molecular weight excluding hydrogens is 413 g/mol. The topological polar surface area (TPSA) is 93.8 Å². The Bertz CT molecular complexity index is 827. The van der Waals surface area contributed by atoms with Gasteiger partial charge in [-0.3, -0.25) is 4.79 Å². The Morgan fingerprint density at radius 3 is 2.24 bits per heavy atom. The fourth-order valence-corrected chi connectivity index (χ4v) is 2.20. The van der Waals surface area contributed by atoms with Crippen molar-refractivity contribution in [1.82, 2.24) is 5.32 Å². The Balaban J connectivity index is 0.00000420. The Hall–Kier alpha value is -2.49. The third-order valence-electron chi connectivity index (χ3n) is 3.94. The number of rotatable bonds is 7. The number of ether oxygens (including phenoxy) is 2. The van der Waals surface area contributed by atoms with Crippen molar-refractivity contribution in [2.45, 2.75) is 25.2 Å². The van der Waals surface area contributed by atoms with E-state index < -0.39 is 29.8 Å². The van der Waals surface area contributed by atoms with Gasteiger partial charge in [-0.25, -0.2) is 0 Å². The average Bonchev–Trinajstić information content (AvgIpc) is 2.66. The average molecular weight is 435 g/mol. The minimum Gasteiger partial charge on any atom is -0.497 e. The lowest BCUT2D eigenvalue weighted by molar-refractivity contribution is -0.138. The Labute approximate surface area is 172 Å². The molecule has 0 aromatic heterocycles. The van der Waals surface area contributed by atoms with E-state index in [1.807, 2.05) is 0 Å². The van der Waals surface area contributed by atoms with Gasteiger partial charge >= 0.3 is 6.18 Å². The fraction of sp³-hybridized carbons (Fsp3) is 0.316. The van der Waals surface area contributed by atoms with Crippen molar-refractivity contribution < 1.29 is 32.5 Å². The standard InChI is InChI=1S/C19H21F3N2O4.ClH/c1-18(23,11-25)17(26)24-10-12-3-5-13(6-4-12)28-16-8-7-14(27-2)9-15(16)19(20,21)22;/h3-9,25H,10-11,23H2,1-2H3,(H,24,26);1H/t18-;/m0./s1. The zero-order chi connectivity index (χ0) is 20.9. The normalized spacial score (nSPS) is 13.1. The van der Waals surface area contributed by atoms with Gasteiger partial charge in [0, 0.05) is 6.54 Å². The maximum Gasteiger partial charge on any atom is 0.420 e. The summed E-state index contributed by atoms with van der Waals surface area (Å²) >= 11 is 0. The van der Waals surface area contributed by atoms with Crippen molar-refractivity contribution in [2.24, 2.45) is 5.73 Å². The van der Waals surface area contributed by atoms with Gasteiger partial charge in [-0.2, -0.15) is 13.2 Å². The molecule has 2 aromatic rings. The lowest BCUT2D eigenvalue weighted by atomic mass is 10.0. The summed E-state index contributed by atoms with van der Waals surface area (Å²) in [6.45, 7) is 1.03. The summed E-state index contributed by atoms with van der Waals surface area (Å²) in [4.78, 5) is 11.8. The van der Waals surface area contributed by atoms with Crippen LogP contribution in [-0.4, -0.2) is 30.3 Å². The third kappa shape index (κ3) is 6.52. The second kappa shape index (κ2) is 9.82. The first kappa shape index (κ1) is 24.5. The van der Waals surface area contributed by atoms with Crippen molar-refractivity contribution in [2.75, 3.05) is 13.7 Å². The number of alkyl halides is 3. The number of carbonyl (C=O) groups is 1. The first-order chi connectivity index (χ1) is 13.1. The Morgan fingerprint density at radius 2 is 1.72 bits per heavy atom. The van der Waals surface area contributed by atoms with E-state index in [0.29, 0.717) is 5.56 Å². The summed E-state index contributed by atoms with van der Waals surface area (Å²) in [7, 11) is 1.28. The first-order valence-electron chi connectivity index (χ1n) is 8.27. The molecule has 0 aliphatic carbocycles. The number of hydrogen-bond acceptors (Lipinski definition) is 5. The number of benzene rings is 2. The molecule has 0 aliphatic rings. The van der Waals surface area contributed by atoms with Gasteiger partial charge in [0.05, 0.1) is 13.7 Å². The molecule has 6 nitrogen and oxygen atoms in total. The molecule has 2 aromatic carbocycles. The predicted molar refractivity (Wildman–Crippen MR) is 103 cm³/mol. The summed E-state index contributed by atoms with van der Waals surface area (Å²) in [5.74, 6) is -0.607. The van der Waals surface area contributed by atoms with E-state index in [-0.39, 0.29) is 36.2 Å². The molecule has 1 amide bonds. The molecule has 10 heteroatoms. The van der Waals surface area contributed by atoms with Crippen LogP contribution in [-0.2, 0) is 17.5 Å². The van der Waals surface area contributed by atoms with Crippen LogP contribution < -0.4 is 20.5 Å². The lowest BCUT2D eigenvalue weighted by Gasteiger charge is -2.20. The number of nitrogens with one attached hydrogen (secondary N) is 1. The van der Waals surface area contributed by atoms with Crippen LogP contribution in [0, 0.1) is 0 Å². The Kier molecular flexibility index (Phi) is 8.31. The van der Waals surface area contributed by atoms with E-state index in [1.165, 1.54) is 38.3 Å². The zero-order valence-corrected chi connectivity index (χ0v) is 16.6. The molecule has 0 fully saturated rings. The van der Waals surface area contributed by atoms with Gasteiger partial charge in [-0.05, 0) is 42.8 Å². The van der Waals surface area contributed by atoms with E-state index >= 15 is 0 Å². The molecule has 0 saturated carbocycles. The van der Waals surface area contributed by atoms with E-state index in [0.717, 1.165) is 6.07 Å². The Morgan fingerprint density at radius 1 is 1.14 bits per heavy atom. The van der Waals surface area contributed by atoms with Crippen LogP contribution in [0.4, 0.5) is 13.2 Å². The minimum absolute atomic E-state index is 0. The van der Waals surface area contributed by atoms with Crippen LogP contribution in [0.3, 0.4) is 0 Å². The van der Waals surface area contributed by atoms with E-state index in [1.54, 1.807) is 12.1 Å². The van der Waals surface area contributed by atoms with Crippen LogP contribution >= 0.6 is 12.4 Å². The second-order valence-corrected chi connectivity index (χ2v) is 6.36. The maximum atomic E-state index is 13.2. The quantitative estimate of drug-likeness (QED) is 0.622. The van der Waals surface area contributed by atoms with Crippen molar-refractivity contribution in [3.8, 4) is 17.2 Å². The van der Waals surface area contributed by atoms with Gasteiger partial charge in [0.15, 0.2) is 0 Å². The molecule has 4 N–H and O–H groups in total. The number of amides is 1. The summed E-state index contributed by atoms with van der Waals surface area (Å²) in [6.07, 6.45) is -4.60. The number of hydrogen-bond donors (Lipinski definition) is 3. The number of halogens is 4. The highest BCUT2D eigenvalue weighted by Crippen LogP contribution is 2.40. The van der Waals surface area contributed by atoms with Gasteiger partial charge in [0.1, 0.15) is 28.4 Å². The summed E-state index contributed by atoms with van der Waals surface area (Å²) < 4.78 is 49.9. The molecule has 0 heterocycles. The molecule has 29 heavy (non-hydrogen) atoms. The predicted octanol–water partition coefficient (Wildman–Crippen LogP) is 3.25. The van der Waals surface area contributed by atoms with Crippen molar-refractivity contribution in [3.63, 3.8) is 0 Å². The molecule has 0 unspecified atom stereocenters. The van der Waals surface area contributed by atoms with Crippen molar-refractivity contribution in [1.29, 1.82) is 0 Å². The molecule has 160 valence electrons.